The van der Waals surface area contributed by atoms with Crippen molar-refractivity contribution in [1.29, 1.82) is 5.26 Å². The molecule has 2 unspecified atom stereocenters. The van der Waals surface area contributed by atoms with Crippen LogP contribution in [0.3, 0.4) is 0 Å². The molecule has 3 nitrogen and oxygen atoms in total. The third-order valence-corrected chi connectivity index (χ3v) is 2.30. The van der Waals surface area contributed by atoms with E-state index in [0.29, 0.717) is 6.04 Å². The van der Waals surface area contributed by atoms with E-state index in [9.17, 15) is 4.79 Å². The maximum absolute atomic E-state index is 11.0. The van der Waals surface area contributed by atoms with Crippen LogP contribution in [-0.4, -0.2) is 11.9 Å². The number of hydrogen-bond acceptors (Lipinski definition) is 2. The third kappa shape index (κ3) is 4.86. The number of nitrogens with zero attached hydrogens (tertiary/aromatic N) is 1. The zero-order chi connectivity index (χ0) is 11.0. The summed E-state index contributed by atoms with van der Waals surface area (Å²) < 4.78 is 0. The van der Waals surface area contributed by atoms with Crippen molar-refractivity contribution >= 4 is 5.91 Å². The summed E-state index contributed by atoms with van der Waals surface area (Å²) in [6.45, 7) is 6.19. The lowest BCUT2D eigenvalue weighted by molar-refractivity contribution is -0.120. The molecular weight excluding hydrogens is 176 g/mol. The number of amides is 1. The first-order chi connectivity index (χ1) is 6.72. The molecule has 1 aliphatic rings. The third-order valence-electron chi connectivity index (χ3n) is 2.30. The van der Waals surface area contributed by atoms with Crippen molar-refractivity contribution in [3.63, 3.8) is 0 Å². The molecule has 1 fully saturated rings. The van der Waals surface area contributed by atoms with Crippen molar-refractivity contribution in [3.05, 3.63) is 0 Å². The second-order valence-electron chi connectivity index (χ2n) is 3.52. The molecular formula is C11H22N2O. The zero-order valence-corrected chi connectivity index (χ0v) is 9.34. The van der Waals surface area contributed by atoms with E-state index in [1.54, 1.807) is 0 Å². The van der Waals surface area contributed by atoms with Gasteiger partial charge in [0.05, 0.1) is 6.07 Å². The van der Waals surface area contributed by atoms with Crippen molar-refractivity contribution in [2.24, 2.45) is 5.92 Å². The van der Waals surface area contributed by atoms with E-state index < -0.39 is 0 Å². The second-order valence-corrected chi connectivity index (χ2v) is 3.52. The number of rotatable bonds is 2. The van der Waals surface area contributed by atoms with E-state index >= 15 is 0 Å². The number of carbonyl (C=O) groups is 1. The van der Waals surface area contributed by atoms with Gasteiger partial charge in [-0.15, -0.1) is 0 Å². The van der Waals surface area contributed by atoms with Gasteiger partial charge in [0, 0.05) is 7.47 Å². The molecule has 0 bridgehead atoms. The van der Waals surface area contributed by atoms with Gasteiger partial charge in [-0.25, -0.2) is 0 Å². The van der Waals surface area contributed by atoms with Crippen LogP contribution in [0.15, 0.2) is 0 Å². The first kappa shape index (κ1) is 13.0. The molecule has 2 atom stereocenters. The maximum Gasteiger partial charge on any atom is 0.234 e. The summed E-state index contributed by atoms with van der Waals surface area (Å²) in [6, 6.07) is 2.16. The molecule has 1 N–H and O–H groups in total. The molecule has 0 spiro atoms. The summed E-state index contributed by atoms with van der Waals surface area (Å²) in [5.41, 5.74) is 0. The highest BCUT2D eigenvalue weighted by atomic mass is 16.1. The molecule has 0 aromatic rings. The van der Waals surface area contributed by atoms with Crippen LogP contribution in [0.5, 0.6) is 0 Å². The van der Waals surface area contributed by atoms with Gasteiger partial charge in [0.1, 0.15) is 6.42 Å². The van der Waals surface area contributed by atoms with Crippen molar-refractivity contribution in [3.8, 4) is 6.07 Å². The number of hydrogen-bond donors (Lipinski definition) is 1. The largest absolute Gasteiger partial charge is 0.352 e. The highest BCUT2D eigenvalue weighted by Gasteiger charge is 2.22. The molecule has 1 saturated carbocycles. The summed E-state index contributed by atoms with van der Waals surface area (Å²) >= 11 is 0. The van der Waals surface area contributed by atoms with Gasteiger partial charge in [0.2, 0.25) is 5.91 Å². The Balaban J connectivity index is 0. The second kappa shape index (κ2) is 7.37. The predicted molar refractivity (Wildman–Crippen MR) is 58.6 cm³/mol. The van der Waals surface area contributed by atoms with Crippen LogP contribution < -0.4 is 5.32 Å². The van der Waals surface area contributed by atoms with E-state index in [4.69, 9.17) is 5.26 Å². The Morgan fingerprint density at radius 2 is 2.21 bits per heavy atom. The predicted octanol–water partition coefficient (Wildman–Crippen LogP) is 2.48. The van der Waals surface area contributed by atoms with E-state index in [2.05, 4.69) is 12.2 Å². The van der Waals surface area contributed by atoms with Gasteiger partial charge in [-0.2, -0.15) is 5.26 Å². The molecule has 0 aromatic carbocycles. The van der Waals surface area contributed by atoms with Crippen LogP contribution in [0.25, 0.3) is 0 Å². The highest BCUT2D eigenvalue weighted by molar-refractivity contribution is 5.78. The molecule has 0 saturated heterocycles. The standard InChI is InChI=1S/C9H14N2O.C2H6.H2/c1-7-2-3-8(6-7)11-9(12)4-5-10;1-2;/h7-8H,2-4,6H2,1H3,(H,11,12);1-2H3;1H. The molecule has 0 aliphatic heterocycles. The van der Waals surface area contributed by atoms with Gasteiger partial charge >= 0.3 is 0 Å². The van der Waals surface area contributed by atoms with Crippen LogP contribution in [0.4, 0.5) is 0 Å². The van der Waals surface area contributed by atoms with Gasteiger partial charge in [0.15, 0.2) is 0 Å². The normalized spacial score (nSPS) is 24.4. The van der Waals surface area contributed by atoms with Crippen LogP contribution in [0.1, 0.15) is 47.9 Å². The van der Waals surface area contributed by atoms with Gasteiger partial charge in [0.25, 0.3) is 0 Å². The monoisotopic (exact) mass is 198 g/mol. The Hall–Kier alpha value is -1.04. The molecule has 0 heterocycles. The Morgan fingerprint density at radius 3 is 2.64 bits per heavy atom. The van der Waals surface area contributed by atoms with E-state index in [0.717, 1.165) is 18.8 Å². The van der Waals surface area contributed by atoms with Crippen LogP contribution >= 0.6 is 0 Å². The fourth-order valence-electron chi connectivity index (χ4n) is 1.69. The first-order valence-corrected chi connectivity index (χ1v) is 5.38. The summed E-state index contributed by atoms with van der Waals surface area (Å²) in [5, 5.41) is 11.1. The van der Waals surface area contributed by atoms with Crippen LogP contribution in [0.2, 0.25) is 0 Å². The first-order valence-electron chi connectivity index (χ1n) is 5.38. The maximum atomic E-state index is 11.0. The molecule has 0 aromatic heterocycles. The summed E-state index contributed by atoms with van der Waals surface area (Å²) in [7, 11) is 0. The molecule has 1 rings (SSSR count). The zero-order valence-electron chi connectivity index (χ0n) is 9.34. The Labute approximate surface area is 88.0 Å². The van der Waals surface area contributed by atoms with Gasteiger partial charge in [-0.1, -0.05) is 20.8 Å². The molecule has 3 heteroatoms. The number of carbonyl (C=O) groups excluding carboxylic acids is 1. The minimum Gasteiger partial charge on any atom is -0.352 e. The van der Waals surface area contributed by atoms with Crippen molar-refractivity contribution < 1.29 is 6.22 Å². The lowest BCUT2D eigenvalue weighted by Gasteiger charge is -2.10. The summed E-state index contributed by atoms with van der Waals surface area (Å²) in [6.07, 6.45) is 3.32. The van der Waals surface area contributed by atoms with Gasteiger partial charge in [-0.05, 0) is 25.2 Å². The SMILES string of the molecule is CC.CC1CCC(NC(=O)CC#N)C1.[HH]. The Kier molecular flexibility index (Phi) is 6.82. The summed E-state index contributed by atoms with van der Waals surface area (Å²) in [4.78, 5) is 11.0. The van der Waals surface area contributed by atoms with E-state index in [-0.39, 0.29) is 13.8 Å². The fraction of sp³-hybridized carbons (Fsp3) is 0.818. The topological polar surface area (TPSA) is 52.9 Å². The smallest absolute Gasteiger partial charge is 0.234 e. The van der Waals surface area contributed by atoms with Gasteiger partial charge < -0.3 is 5.32 Å². The fourth-order valence-corrected chi connectivity index (χ4v) is 1.69. The van der Waals surface area contributed by atoms with E-state index in [1.807, 2.05) is 19.9 Å². The highest BCUT2D eigenvalue weighted by Crippen LogP contribution is 2.24. The number of nitrogens with one attached hydrogen (secondary N) is 1. The number of nitriles is 1. The Bertz CT molecular complexity index is 213. The molecule has 1 aliphatic carbocycles. The van der Waals surface area contributed by atoms with Crippen molar-refractivity contribution in [1.82, 2.24) is 5.32 Å². The van der Waals surface area contributed by atoms with Crippen LogP contribution in [0, 0.1) is 17.2 Å². The molecule has 1 amide bonds. The molecule has 82 valence electrons. The minimum absolute atomic E-state index is 0. The van der Waals surface area contributed by atoms with E-state index in [1.165, 1.54) is 6.42 Å². The quantitative estimate of drug-likeness (QED) is 0.741. The van der Waals surface area contributed by atoms with Crippen LogP contribution in [-0.2, 0) is 4.79 Å². The lowest BCUT2D eigenvalue weighted by atomic mass is 10.1. The lowest BCUT2D eigenvalue weighted by Crippen LogP contribution is -2.32. The minimum atomic E-state index is -0.128. The molecule has 14 heavy (non-hydrogen) atoms. The van der Waals surface area contributed by atoms with Crippen molar-refractivity contribution in [2.45, 2.75) is 52.5 Å². The Morgan fingerprint density at radius 1 is 1.57 bits per heavy atom. The average Bonchev–Trinajstić information content (AvgIpc) is 2.55. The molecule has 0 radical (unpaired) electrons. The summed E-state index contributed by atoms with van der Waals surface area (Å²) in [5.74, 6) is 0.592. The average molecular weight is 198 g/mol. The van der Waals surface area contributed by atoms with Crippen molar-refractivity contribution in [2.75, 3.05) is 0 Å². The van der Waals surface area contributed by atoms with Gasteiger partial charge in [-0.3, -0.25) is 4.79 Å².